The van der Waals surface area contributed by atoms with Gasteiger partial charge in [0.05, 0.1) is 12.3 Å². The molecule has 5 heteroatoms. The molecule has 0 aromatic carbocycles. The number of nitrogens with one attached hydrogen (secondary N) is 1. The lowest BCUT2D eigenvalue weighted by molar-refractivity contribution is 0.180. The first-order valence-electron chi connectivity index (χ1n) is 5.23. The van der Waals surface area contributed by atoms with Gasteiger partial charge in [-0.1, -0.05) is 6.92 Å². The van der Waals surface area contributed by atoms with Crippen LogP contribution in [0.15, 0.2) is 18.3 Å². The number of fused-ring (bicyclic) bond motifs is 1. The number of rotatable bonds is 2. The van der Waals surface area contributed by atoms with Crippen LogP contribution in [-0.4, -0.2) is 29.3 Å². The molecule has 2 heterocycles. The van der Waals surface area contributed by atoms with Gasteiger partial charge in [0.1, 0.15) is 5.75 Å². The third-order valence-electron chi connectivity index (χ3n) is 2.81. The van der Waals surface area contributed by atoms with Crippen LogP contribution in [-0.2, 0) is 0 Å². The third kappa shape index (κ3) is 2.08. The van der Waals surface area contributed by atoms with Crippen molar-refractivity contribution >= 4 is 6.09 Å². The molecule has 1 aromatic rings. The molecule has 0 unspecified atom stereocenters. The molecule has 0 bridgehead atoms. The maximum absolute atomic E-state index is 10.5. The zero-order valence-corrected chi connectivity index (χ0v) is 9.01. The predicted molar refractivity (Wildman–Crippen MR) is 57.7 cm³/mol. The summed E-state index contributed by atoms with van der Waals surface area (Å²) in [4.78, 5) is 14.8. The van der Waals surface area contributed by atoms with Gasteiger partial charge in [0.15, 0.2) is 0 Å². The minimum atomic E-state index is -1.00. The van der Waals surface area contributed by atoms with E-state index in [9.17, 15) is 4.79 Å². The number of amides is 1. The highest BCUT2D eigenvalue weighted by Gasteiger charge is 2.29. The summed E-state index contributed by atoms with van der Waals surface area (Å²) in [5.41, 5.74) is 0.843. The van der Waals surface area contributed by atoms with E-state index >= 15 is 0 Å². The number of pyridine rings is 1. The smallest absolute Gasteiger partial charge is 0.404 e. The summed E-state index contributed by atoms with van der Waals surface area (Å²) in [6, 6.07) is 3.68. The molecule has 1 aromatic heterocycles. The number of aromatic nitrogens is 1. The van der Waals surface area contributed by atoms with Gasteiger partial charge < -0.3 is 15.2 Å². The summed E-state index contributed by atoms with van der Waals surface area (Å²) < 4.78 is 5.54. The largest absolute Gasteiger partial charge is 0.491 e. The molecular weight excluding hydrogens is 208 g/mol. The van der Waals surface area contributed by atoms with Gasteiger partial charge >= 0.3 is 6.09 Å². The summed E-state index contributed by atoms with van der Waals surface area (Å²) in [5, 5.41) is 11.0. The molecule has 0 saturated carbocycles. The fourth-order valence-corrected chi connectivity index (χ4v) is 1.91. The predicted octanol–water partition coefficient (Wildman–Crippen LogP) is 1.46. The van der Waals surface area contributed by atoms with Crippen molar-refractivity contribution in [3.63, 3.8) is 0 Å². The molecule has 0 fully saturated rings. The Morgan fingerprint density at radius 2 is 2.56 bits per heavy atom. The zero-order valence-electron chi connectivity index (χ0n) is 9.01. The van der Waals surface area contributed by atoms with E-state index in [1.165, 1.54) is 0 Å². The lowest BCUT2D eigenvalue weighted by Crippen LogP contribution is -2.34. The second-order valence-corrected chi connectivity index (χ2v) is 3.97. The van der Waals surface area contributed by atoms with Gasteiger partial charge in [-0.3, -0.25) is 4.98 Å². The Morgan fingerprint density at radius 3 is 3.31 bits per heavy atom. The number of carbonyl (C=O) groups is 1. The minimum absolute atomic E-state index is 0.0843. The average molecular weight is 222 g/mol. The first-order chi connectivity index (χ1) is 7.68. The molecule has 1 aliphatic heterocycles. The highest BCUT2D eigenvalue weighted by Crippen LogP contribution is 2.34. The van der Waals surface area contributed by atoms with Crippen molar-refractivity contribution in [2.45, 2.75) is 12.8 Å². The molecule has 86 valence electrons. The summed E-state index contributed by atoms with van der Waals surface area (Å²) in [5.74, 6) is 1.10. The van der Waals surface area contributed by atoms with E-state index in [1.54, 1.807) is 6.20 Å². The number of ether oxygens (including phenoxy) is 1. The van der Waals surface area contributed by atoms with E-state index in [-0.39, 0.29) is 11.8 Å². The van der Waals surface area contributed by atoms with Crippen molar-refractivity contribution in [2.75, 3.05) is 13.2 Å². The molecule has 16 heavy (non-hydrogen) atoms. The highest BCUT2D eigenvalue weighted by molar-refractivity contribution is 5.64. The summed E-state index contributed by atoms with van der Waals surface area (Å²) in [7, 11) is 0. The zero-order chi connectivity index (χ0) is 11.5. The highest BCUT2D eigenvalue weighted by atomic mass is 16.5. The van der Waals surface area contributed by atoms with Crippen molar-refractivity contribution < 1.29 is 14.6 Å². The lowest BCUT2D eigenvalue weighted by atomic mass is 9.88. The molecule has 0 radical (unpaired) electrons. The van der Waals surface area contributed by atoms with Gasteiger partial charge in [0.25, 0.3) is 0 Å². The summed E-state index contributed by atoms with van der Waals surface area (Å²) in [6.07, 6.45) is 0.699. The fraction of sp³-hybridized carbons (Fsp3) is 0.455. The maximum atomic E-state index is 10.5. The van der Waals surface area contributed by atoms with Gasteiger partial charge in [-0.15, -0.1) is 0 Å². The summed E-state index contributed by atoms with van der Waals surface area (Å²) >= 11 is 0. The molecular formula is C11H14N2O3. The Morgan fingerprint density at radius 1 is 1.75 bits per heavy atom. The Hall–Kier alpha value is -1.78. The molecule has 1 amide bonds. The molecule has 5 nitrogen and oxygen atoms in total. The molecule has 2 N–H and O–H groups in total. The van der Waals surface area contributed by atoms with Gasteiger partial charge in [-0.25, -0.2) is 4.79 Å². The first kappa shape index (κ1) is 10.7. The standard InChI is InChI=1S/C11H14N2O3/c1-7-6-16-9-3-2-4-12-10(9)8(7)5-13-11(14)15/h2-4,7-8,13H,5-6H2,1H3,(H,14,15)/t7-,8-/m1/s1. The Bertz CT molecular complexity index is 395. The summed E-state index contributed by atoms with van der Waals surface area (Å²) in [6.45, 7) is 3.01. The second kappa shape index (κ2) is 4.38. The minimum Gasteiger partial charge on any atom is -0.491 e. The Balaban J connectivity index is 2.19. The van der Waals surface area contributed by atoms with Crippen LogP contribution in [0.1, 0.15) is 18.5 Å². The van der Waals surface area contributed by atoms with Crippen LogP contribution >= 0.6 is 0 Å². The van der Waals surface area contributed by atoms with Crippen LogP contribution in [0.25, 0.3) is 0 Å². The topological polar surface area (TPSA) is 71.5 Å². The average Bonchev–Trinajstić information content (AvgIpc) is 2.27. The van der Waals surface area contributed by atoms with Gasteiger partial charge in [-0.05, 0) is 12.1 Å². The van der Waals surface area contributed by atoms with E-state index in [0.29, 0.717) is 13.2 Å². The first-order valence-corrected chi connectivity index (χ1v) is 5.23. The van der Waals surface area contributed by atoms with Crippen molar-refractivity contribution in [3.05, 3.63) is 24.0 Å². The molecule has 0 spiro atoms. The van der Waals surface area contributed by atoms with Gasteiger partial charge in [0, 0.05) is 24.6 Å². The monoisotopic (exact) mass is 222 g/mol. The van der Waals surface area contributed by atoms with E-state index in [0.717, 1.165) is 11.4 Å². The van der Waals surface area contributed by atoms with Gasteiger partial charge in [0.2, 0.25) is 0 Å². The van der Waals surface area contributed by atoms with Crippen molar-refractivity contribution in [1.82, 2.24) is 10.3 Å². The molecule has 2 atom stereocenters. The lowest BCUT2D eigenvalue weighted by Gasteiger charge is -2.30. The van der Waals surface area contributed by atoms with Crippen LogP contribution in [0.4, 0.5) is 4.79 Å². The maximum Gasteiger partial charge on any atom is 0.404 e. The fourth-order valence-electron chi connectivity index (χ4n) is 1.91. The van der Waals surface area contributed by atoms with Crippen LogP contribution in [0.5, 0.6) is 5.75 Å². The SMILES string of the molecule is C[C@@H]1COc2cccnc2[C@@H]1CNC(=O)O. The van der Waals surface area contributed by atoms with E-state index in [4.69, 9.17) is 9.84 Å². The van der Waals surface area contributed by atoms with Crippen molar-refractivity contribution in [3.8, 4) is 5.75 Å². The van der Waals surface area contributed by atoms with Crippen LogP contribution in [0.3, 0.4) is 0 Å². The van der Waals surface area contributed by atoms with Crippen LogP contribution in [0.2, 0.25) is 0 Å². The van der Waals surface area contributed by atoms with E-state index < -0.39 is 6.09 Å². The number of hydrogen-bond donors (Lipinski definition) is 2. The van der Waals surface area contributed by atoms with E-state index in [2.05, 4.69) is 10.3 Å². The normalized spacial score (nSPS) is 23.1. The van der Waals surface area contributed by atoms with Gasteiger partial charge in [-0.2, -0.15) is 0 Å². The molecule has 0 aliphatic carbocycles. The Labute approximate surface area is 93.5 Å². The quantitative estimate of drug-likeness (QED) is 0.794. The van der Waals surface area contributed by atoms with E-state index in [1.807, 2.05) is 19.1 Å². The molecule has 0 saturated heterocycles. The number of nitrogens with zero attached hydrogens (tertiary/aromatic N) is 1. The van der Waals surface area contributed by atoms with Crippen molar-refractivity contribution in [1.29, 1.82) is 0 Å². The Kier molecular flexibility index (Phi) is 2.94. The number of carboxylic acid groups (broad SMARTS) is 1. The number of hydrogen-bond acceptors (Lipinski definition) is 3. The third-order valence-corrected chi connectivity index (χ3v) is 2.81. The second-order valence-electron chi connectivity index (χ2n) is 3.97. The molecule has 1 aliphatic rings. The molecule has 2 rings (SSSR count). The van der Waals surface area contributed by atoms with Crippen LogP contribution < -0.4 is 10.1 Å². The van der Waals surface area contributed by atoms with Crippen LogP contribution in [0, 0.1) is 5.92 Å². The van der Waals surface area contributed by atoms with Crippen molar-refractivity contribution in [2.24, 2.45) is 5.92 Å².